The molecule has 0 aliphatic rings. The van der Waals surface area contributed by atoms with Gasteiger partial charge in [0.1, 0.15) is 18.9 Å². The average Bonchev–Trinajstić information content (AvgIpc) is 2.86. The minimum atomic E-state index is -0.558. The van der Waals surface area contributed by atoms with Crippen molar-refractivity contribution in [3.05, 3.63) is 105 Å². The molecule has 0 unspecified atom stereocenters. The number of hydrogen-bond acceptors (Lipinski definition) is 5. The summed E-state index contributed by atoms with van der Waals surface area (Å²) in [4.78, 5) is 41.6. The minimum Gasteiger partial charge on any atom is -0.489 e. The Kier molecular flexibility index (Phi) is 7.12. The lowest BCUT2D eigenvalue weighted by Gasteiger charge is -2.10. The highest BCUT2D eigenvalue weighted by molar-refractivity contribution is 6.31. The maximum absolute atomic E-state index is 12.6. The van der Waals surface area contributed by atoms with Crippen LogP contribution in [0.3, 0.4) is 0 Å². The topological polar surface area (TPSA) is 102 Å². The number of benzene rings is 3. The summed E-state index contributed by atoms with van der Waals surface area (Å²) in [7, 11) is 0. The molecule has 9 heteroatoms. The van der Waals surface area contributed by atoms with Crippen molar-refractivity contribution in [1.29, 1.82) is 0 Å². The van der Waals surface area contributed by atoms with Gasteiger partial charge in [-0.25, -0.2) is 4.98 Å². The van der Waals surface area contributed by atoms with Gasteiger partial charge in [-0.1, -0.05) is 35.9 Å². The quantitative estimate of drug-likeness (QED) is 0.401. The van der Waals surface area contributed by atoms with E-state index in [9.17, 15) is 14.4 Å². The second kappa shape index (κ2) is 10.4. The zero-order valence-corrected chi connectivity index (χ0v) is 19.9. The number of hydrazine groups is 1. The van der Waals surface area contributed by atoms with Crippen LogP contribution in [0.5, 0.6) is 5.75 Å². The van der Waals surface area contributed by atoms with Gasteiger partial charge in [-0.3, -0.25) is 29.8 Å². The predicted molar refractivity (Wildman–Crippen MR) is 133 cm³/mol. The number of hydrogen-bond donors (Lipinski definition) is 2. The third-order valence-electron chi connectivity index (χ3n) is 5.44. The molecule has 0 aliphatic carbocycles. The summed E-state index contributed by atoms with van der Waals surface area (Å²) in [5, 5.41) is 1.11. The van der Waals surface area contributed by atoms with Gasteiger partial charge >= 0.3 is 0 Å². The number of nitrogens with one attached hydrogen (secondary N) is 2. The first-order chi connectivity index (χ1) is 16.8. The second-order valence-corrected chi connectivity index (χ2v) is 8.45. The van der Waals surface area contributed by atoms with Gasteiger partial charge in [0.05, 0.1) is 17.2 Å². The Balaban J connectivity index is 1.30. The Morgan fingerprint density at radius 1 is 1.00 bits per heavy atom. The maximum Gasteiger partial charge on any atom is 0.269 e. The molecule has 4 aromatic rings. The minimum absolute atomic E-state index is 0.281. The Hall–Kier alpha value is -4.17. The smallest absolute Gasteiger partial charge is 0.269 e. The molecule has 178 valence electrons. The number of ether oxygens (including phenoxy) is 1. The molecule has 2 N–H and O–H groups in total. The number of aryl methyl sites for hydroxylation is 2. The normalized spacial score (nSPS) is 10.7. The highest BCUT2D eigenvalue weighted by Crippen LogP contribution is 2.22. The Bertz CT molecular complexity index is 1460. The Labute approximate surface area is 206 Å². The molecule has 0 bridgehead atoms. The molecule has 1 heterocycles. The summed E-state index contributed by atoms with van der Waals surface area (Å²) < 4.78 is 6.95. The van der Waals surface area contributed by atoms with E-state index in [1.54, 1.807) is 48.5 Å². The molecule has 8 nitrogen and oxygen atoms in total. The average molecular weight is 491 g/mol. The van der Waals surface area contributed by atoms with Gasteiger partial charge in [0.25, 0.3) is 17.4 Å². The molecular formula is C26H23ClN4O4. The van der Waals surface area contributed by atoms with Crippen LogP contribution in [0.2, 0.25) is 5.02 Å². The van der Waals surface area contributed by atoms with Crippen LogP contribution in [0.15, 0.2) is 71.8 Å². The number of amides is 2. The van der Waals surface area contributed by atoms with Gasteiger partial charge in [0.15, 0.2) is 0 Å². The van der Waals surface area contributed by atoms with Crippen molar-refractivity contribution in [3.8, 4) is 5.75 Å². The number of rotatable bonds is 6. The van der Waals surface area contributed by atoms with E-state index >= 15 is 0 Å². The lowest BCUT2D eigenvalue weighted by atomic mass is 10.1. The number of halogens is 1. The van der Waals surface area contributed by atoms with Gasteiger partial charge in [0, 0.05) is 10.6 Å². The van der Waals surface area contributed by atoms with Crippen LogP contribution in [0, 0.1) is 13.8 Å². The van der Waals surface area contributed by atoms with Crippen LogP contribution >= 0.6 is 11.6 Å². The number of carbonyl (C=O) groups is 2. The van der Waals surface area contributed by atoms with E-state index in [-0.39, 0.29) is 12.1 Å². The first kappa shape index (κ1) is 24.0. The molecule has 0 atom stereocenters. The molecule has 0 aliphatic heterocycles. The second-order valence-electron chi connectivity index (χ2n) is 8.05. The molecule has 2 amide bonds. The molecule has 0 spiro atoms. The van der Waals surface area contributed by atoms with E-state index in [4.69, 9.17) is 16.3 Å². The van der Waals surface area contributed by atoms with Crippen LogP contribution in [0.25, 0.3) is 10.9 Å². The summed E-state index contributed by atoms with van der Waals surface area (Å²) in [6.07, 6.45) is 1.32. The molecule has 4 rings (SSSR count). The zero-order valence-electron chi connectivity index (χ0n) is 19.2. The molecule has 0 saturated heterocycles. The standard InChI is InChI=1S/C26H23ClN4O4/c1-16-4-3-5-21-24(16)28-15-31(26(21)34)13-23(32)29-30-25(33)19-8-6-18(7-9-19)14-35-20-10-11-22(27)17(2)12-20/h3-12,15H,13-14H2,1-2H3,(H,29,32)(H,30,33). The number of carbonyl (C=O) groups excluding carboxylic acids is 2. The van der Waals surface area contributed by atoms with Crippen molar-refractivity contribution in [2.45, 2.75) is 27.0 Å². The fourth-order valence-corrected chi connectivity index (χ4v) is 3.59. The van der Waals surface area contributed by atoms with Gasteiger partial charge in [-0.2, -0.15) is 0 Å². The van der Waals surface area contributed by atoms with Crippen molar-refractivity contribution in [1.82, 2.24) is 20.4 Å². The molecule has 3 aromatic carbocycles. The summed E-state index contributed by atoms with van der Waals surface area (Å²) in [5.41, 5.74) is 7.98. The SMILES string of the molecule is Cc1cc(OCc2ccc(C(=O)NNC(=O)Cn3cnc4c(C)cccc4c3=O)cc2)ccc1Cl. The monoisotopic (exact) mass is 490 g/mol. The molecule has 0 radical (unpaired) electrons. The van der Waals surface area contributed by atoms with Crippen molar-refractivity contribution in [2.75, 3.05) is 0 Å². The summed E-state index contributed by atoms with van der Waals surface area (Å²) in [6, 6.07) is 17.5. The summed E-state index contributed by atoms with van der Waals surface area (Å²) in [5.74, 6) is -0.344. The van der Waals surface area contributed by atoms with E-state index < -0.39 is 11.8 Å². The van der Waals surface area contributed by atoms with E-state index in [1.807, 2.05) is 26.0 Å². The lowest BCUT2D eigenvalue weighted by molar-refractivity contribution is -0.122. The molecular weight excluding hydrogens is 468 g/mol. The highest BCUT2D eigenvalue weighted by atomic mass is 35.5. The third kappa shape index (κ3) is 5.67. The lowest BCUT2D eigenvalue weighted by Crippen LogP contribution is -2.44. The highest BCUT2D eigenvalue weighted by Gasteiger charge is 2.11. The van der Waals surface area contributed by atoms with Crippen LogP contribution < -0.4 is 21.1 Å². The predicted octanol–water partition coefficient (Wildman–Crippen LogP) is 3.71. The first-order valence-corrected chi connectivity index (χ1v) is 11.2. The Morgan fingerprint density at radius 2 is 1.77 bits per heavy atom. The van der Waals surface area contributed by atoms with Crippen LogP contribution in [0.1, 0.15) is 27.0 Å². The van der Waals surface area contributed by atoms with Crippen LogP contribution in [0.4, 0.5) is 0 Å². The maximum atomic E-state index is 12.6. The molecule has 35 heavy (non-hydrogen) atoms. The van der Waals surface area contributed by atoms with Gasteiger partial charge in [-0.05, 0) is 66.9 Å². The van der Waals surface area contributed by atoms with Gasteiger partial charge in [-0.15, -0.1) is 0 Å². The van der Waals surface area contributed by atoms with Crippen molar-refractivity contribution >= 4 is 34.3 Å². The Morgan fingerprint density at radius 3 is 2.51 bits per heavy atom. The van der Waals surface area contributed by atoms with Crippen molar-refractivity contribution in [2.24, 2.45) is 0 Å². The largest absolute Gasteiger partial charge is 0.489 e. The van der Waals surface area contributed by atoms with E-state index in [1.165, 1.54) is 10.9 Å². The van der Waals surface area contributed by atoms with Crippen LogP contribution in [-0.4, -0.2) is 21.4 Å². The zero-order chi connectivity index (χ0) is 24.9. The fourth-order valence-electron chi connectivity index (χ4n) is 3.47. The number of nitrogens with zero attached hydrogens (tertiary/aromatic N) is 2. The first-order valence-electron chi connectivity index (χ1n) is 10.8. The van der Waals surface area contributed by atoms with E-state index in [2.05, 4.69) is 15.8 Å². The summed E-state index contributed by atoms with van der Waals surface area (Å²) in [6.45, 7) is 3.81. The number of aromatic nitrogens is 2. The molecule has 1 aromatic heterocycles. The molecule has 0 fully saturated rings. The number of para-hydroxylation sites is 1. The van der Waals surface area contributed by atoms with E-state index in [0.29, 0.717) is 33.8 Å². The summed E-state index contributed by atoms with van der Waals surface area (Å²) >= 11 is 6.03. The van der Waals surface area contributed by atoms with Gasteiger partial charge < -0.3 is 4.74 Å². The molecule has 0 saturated carbocycles. The van der Waals surface area contributed by atoms with Crippen LogP contribution in [-0.2, 0) is 17.9 Å². The van der Waals surface area contributed by atoms with E-state index in [0.717, 1.165) is 16.7 Å². The van der Waals surface area contributed by atoms with Gasteiger partial charge in [0.2, 0.25) is 0 Å². The van der Waals surface area contributed by atoms with Crippen molar-refractivity contribution in [3.63, 3.8) is 0 Å². The number of fused-ring (bicyclic) bond motifs is 1. The third-order valence-corrected chi connectivity index (χ3v) is 5.86. The fraction of sp³-hybridized carbons (Fsp3) is 0.154. The van der Waals surface area contributed by atoms with Crippen molar-refractivity contribution < 1.29 is 14.3 Å².